The highest BCUT2D eigenvalue weighted by Gasteiger charge is 2.18. The number of ether oxygens (including phenoxy) is 1. The van der Waals surface area contributed by atoms with E-state index in [2.05, 4.69) is 0 Å². The van der Waals surface area contributed by atoms with E-state index < -0.39 is 0 Å². The van der Waals surface area contributed by atoms with E-state index in [1.165, 1.54) is 0 Å². The summed E-state index contributed by atoms with van der Waals surface area (Å²) in [4.78, 5) is 13.5. The lowest BCUT2D eigenvalue weighted by molar-refractivity contribution is -0.132. The molecule has 1 amide bonds. The molecule has 0 atom stereocenters. The summed E-state index contributed by atoms with van der Waals surface area (Å²) in [5.74, 6) is 0.584. The number of hydrogen-bond acceptors (Lipinski definition) is 2. The first-order valence-corrected chi connectivity index (χ1v) is 6.28. The Bertz CT molecular complexity index is 417. The largest absolute Gasteiger partial charge is 0.484 e. The Morgan fingerprint density at radius 2 is 1.94 bits per heavy atom. The molecule has 5 heteroatoms. The van der Waals surface area contributed by atoms with Crippen molar-refractivity contribution in [3.8, 4) is 5.75 Å². The average molecular weight is 274 g/mol. The SMILES string of the molecule is O=C(COc1ccc(Cl)c(Cl)c1)N1CCCC1. The van der Waals surface area contributed by atoms with Crippen LogP contribution < -0.4 is 4.74 Å². The quantitative estimate of drug-likeness (QED) is 0.848. The van der Waals surface area contributed by atoms with Crippen LogP contribution in [0.3, 0.4) is 0 Å². The van der Waals surface area contributed by atoms with Crippen LogP contribution in [0, 0.1) is 0 Å². The van der Waals surface area contributed by atoms with E-state index >= 15 is 0 Å². The van der Waals surface area contributed by atoms with Crippen molar-refractivity contribution in [1.29, 1.82) is 0 Å². The van der Waals surface area contributed by atoms with Gasteiger partial charge in [0.05, 0.1) is 10.0 Å². The number of rotatable bonds is 3. The lowest BCUT2D eigenvalue weighted by Crippen LogP contribution is -2.32. The van der Waals surface area contributed by atoms with Gasteiger partial charge in [-0.05, 0) is 25.0 Å². The third-order valence-electron chi connectivity index (χ3n) is 2.71. The second kappa shape index (κ2) is 5.61. The van der Waals surface area contributed by atoms with E-state index in [9.17, 15) is 4.79 Å². The van der Waals surface area contributed by atoms with E-state index in [1.807, 2.05) is 4.90 Å². The van der Waals surface area contributed by atoms with Crippen LogP contribution in [-0.2, 0) is 4.79 Å². The summed E-state index contributed by atoms with van der Waals surface area (Å²) in [5, 5.41) is 0.905. The van der Waals surface area contributed by atoms with Crippen molar-refractivity contribution in [3.05, 3.63) is 28.2 Å². The van der Waals surface area contributed by atoms with Gasteiger partial charge in [0.15, 0.2) is 6.61 Å². The molecule has 17 heavy (non-hydrogen) atoms. The predicted molar refractivity (Wildman–Crippen MR) is 67.8 cm³/mol. The summed E-state index contributed by atoms with van der Waals surface area (Å²) in [7, 11) is 0. The van der Waals surface area contributed by atoms with Crippen molar-refractivity contribution in [1.82, 2.24) is 4.90 Å². The van der Waals surface area contributed by atoms with E-state index in [-0.39, 0.29) is 12.5 Å². The molecule has 0 aliphatic carbocycles. The molecular weight excluding hydrogens is 261 g/mol. The van der Waals surface area contributed by atoms with Gasteiger partial charge >= 0.3 is 0 Å². The monoisotopic (exact) mass is 273 g/mol. The molecule has 0 N–H and O–H groups in total. The van der Waals surface area contributed by atoms with Crippen LogP contribution in [0.1, 0.15) is 12.8 Å². The number of carbonyl (C=O) groups excluding carboxylic acids is 1. The Morgan fingerprint density at radius 3 is 2.59 bits per heavy atom. The molecular formula is C12H13Cl2NO2. The standard InChI is InChI=1S/C12H13Cl2NO2/c13-10-4-3-9(7-11(10)14)17-8-12(16)15-5-1-2-6-15/h3-4,7H,1-2,5-6,8H2. The van der Waals surface area contributed by atoms with Crippen molar-refractivity contribution < 1.29 is 9.53 Å². The van der Waals surface area contributed by atoms with Crippen molar-refractivity contribution in [3.63, 3.8) is 0 Å². The van der Waals surface area contributed by atoms with Gasteiger partial charge in [-0.2, -0.15) is 0 Å². The first-order chi connectivity index (χ1) is 8.16. The molecule has 1 aromatic rings. The smallest absolute Gasteiger partial charge is 0.260 e. The Balaban J connectivity index is 1.88. The molecule has 1 saturated heterocycles. The second-order valence-electron chi connectivity index (χ2n) is 3.95. The van der Waals surface area contributed by atoms with Crippen molar-refractivity contribution in [2.24, 2.45) is 0 Å². The number of nitrogens with zero attached hydrogens (tertiary/aromatic N) is 1. The summed E-state index contributed by atoms with van der Waals surface area (Å²) < 4.78 is 5.38. The summed E-state index contributed by atoms with van der Waals surface area (Å²) in [6, 6.07) is 4.96. The fourth-order valence-corrected chi connectivity index (χ4v) is 2.06. The van der Waals surface area contributed by atoms with Gasteiger partial charge in [-0.25, -0.2) is 0 Å². The van der Waals surface area contributed by atoms with Gasteiger partial charge in [0, 0.05) is 19.2 Å². The molecule has 2 rings (SSSR count). The number of hydrogen-bond donors (Lipinski definition) is 0. The molecule has 0 radical (unpaired) electrons. The molecule has 1 fully saturated rings. The molecule has 0 saturated carbocycles. The Labute approximate surface area is 110 Å². The summed E-state index contributed by atoms with van der Waals surface area (Å²) in [6.07, 6.45) is 2.16. The lowest BCUT2D eigenvalue weighted by atomic mass is 10.3. The highest BCUT2D eigenvalue weighted by atomic mass is 35.5. The number of likely N-dealkylation sites (tertiary alicyclic amines) is 1. The zero-order valence-corrected chi connectivity index (χ0v) is 10.8. The van der Waals surface area contributed by atoms with Crippen LogP contribution in [0.2, 0.25) is 10.0 Å². The Morgan fingerprint density at radius 1 is 1.24 bits per heavy atom. The first kappa shape index (κ1) is 12.5. The zero-order chi connectivity index (χ0) is 12.3. The molecule has 1 aliphatic heterocycles. The van der Waals surface area contributed by atoms with Gasteiger partial charge in [0.25, 0.3) is 5.91 Å². The van der Waals surface area contributed by atoms with E-state index in [1.54, 1.807) is 18.2 Å². The normalized spacial score (nSPS) is 15.1. The van der Waals surface area contributed by atoms with Gasteiger partial charge in [0.2, 0.25) is 0 Å². The summed E-state index contributed by atoms with van der Waals surface area (Å²) >= 11 is 11.6. The third kappa shape index (κ3) is 3.27. The van der Waals surface area contributed by atoms with E-state index in [4.69, 9.17) is 27.9 Å². The van der Waals surface area contributed by atoms with Crippen LogP contribution in [0.25, 0.3) is 0 Å². The second-order valence-corrected chi connectivity index (χ2v) is 4.77. The summed E-state index contributed by atoms with van der Waals surface area (Å²) in [5.41, 5.74) is 0. The van der Waals surface area contributed by atoms with Crippen LogP contribution in [0.15, 0.2) is 18.2 Å². The molecule has 0 aromatic heterocycles. The predicted octanol–water partition coefficient (Wildman–Crippen LogP) is 2.99. The van der Waals surface area contributed by atoms with Crippen LogP contribution in [0.4, 0.5) is 0 Å². The fourth-order valence-electron chi connectivity index (χ4n) is 1.77. The van der Waals surface area contributed by atoms with Crippen LogP contribution in [-0.4, -0.2) is 30.5 Å². The molecule has 0 bridgehead atoms. The van der Waals surface area contributed by atoms with Gasteiger partial charge in [-0.3, -0.25) is 4.79 Å². The maximum Gasteiger partial charge on any atom is 0.260 e. The van der Waals surface area contributed by atoms with Gasteiger partial charge < -0.3 is 9.64 Å². The first-order valence-electron chi connectivity index (χ1n) is 5.52. The Kier molecular flexibility index (Phi) is 4.13. The van der Waals surface area contributed by atoms with Crippen molar-refractivity contribution in [2.45, 2.75) is 12.8 Å². The lowest BCUT2D eigenvalue weighted by Gasteiger charge is -2.15. The number of amides is 1. The zero-order valence-electron chi connectivity index (χ0n) is 9.29. The number of halogens is 2. The van der Waals surface area contributed by atoms with Crippen molar-refractivity contribution in [2.75, 3.05) is 19.7 Å². The van der Waals surface area contributed by atoms with Gasteiger partial charge in [-0.15, -0.1) is 0 Å². The molecule has 92 valence electrons. The molecule has 1 heterocycles. The fraction of sp³-hybridized carbons (Fsp3) is 0.417. The van der Waals surface area contributed by atoms with Crippen LogP contribution >= 0.6 is 23.2 Å². The van der Waals surface area contributed by atoms with E-state index in [0.29, 0.717) is 15.8 Å². The third-order valence-corrected chi connectivity index (χ3v) is 3.45. The van der Waals surface area contributed by atoms with Crippen molar-refractivity contribution >= 4 is 29.1 Å². The minimum absolute atomic E-state index is 0.0218. The van der Waals surface area contributed by atoms with E-state index in [0.717, 1.165) is 25.9 Å². The molecule has 0 spiro atoms. The van der Waals surface area contributed by atoms with Crippen LogP contribution in [0.5, 0.6) is 5.75 Å². The van der Waals surface area contributed by atoms with Gasteiger partial charge in [0.1, 0.15) is 5.75 Å². The Hall–Kier alpha value is -0.930. The summed E-state index contributed by atoms with van der Waals surface area (Å²) in [6.45, 7) is 1.73. The average Bonchev–Trinajstić information content (AvgIpc) is 2.84. The molecule has 3 nitrogen and oxygen atoms in total. The molecule has 1 aromatic carbocycles. The topological polar surface area (TPSA) is 29.5 Å². The highest BCUT2D eigenvalue weighted by Crippen LogP contribution is 2.26. The molecule has 0 unspecified atom stereocenters. The minimum Gasteiger partial charge on any atom is -0.484 e. The van der Waals surface area contributed by atoms with Gasteiger partial charge in [-0.1, -0.05) is 23.2 Å². The maximum atomic E-state index is 11.7. The highest BCUT2D eigenvalue weighted by molar-refractivity contribution is 6.42. The molecule has 1 aliphatic rings. The number of benzene rings is 1. The maximum absolute atomic E-state index is 11.7. The minimum atomic E-state index is 0.0218. The number of carbonyl (C=O) groups is 1.